The number of benzene rings is 2. The summed E-state index contributed by atoms with van der Waals surface area (Å²) in [6.07, 6.45) is 4.16. The fourth-order valence-electron chi connectivity index (χ4n) is 2.86. The highest BCUT2D eigenvalue weighted by atomic mass is 32.2. The first-order chi connectivity index (χ1) is 10.9. The largest absolute Gasteiger partial charge is 0.335 e. The molecule has 1 aliphatic heterocycles. The zero-order valence-corrected chi connectivity index (χ0v) is 13.2. The van der Waals surface area contributed by atoms with Crippen LogP contribution in [0.5, 0.6) is 0 Å². The van der Waals surface area contributed by atoms with Crippen LogP contribution in [0.4, 0.5) is 5.69 Å². The third-order valence-electron chi connectivity index (χ3n) is 3.91. The van der Waals surface area contributed by atoms with Gasteiger partial charge in [0.25, 0.3) is 0 Å². The molecule has 2 nitrogen and oxygen atoms in total. The van der Waals surface area contributed by atoms with Crippen LogP contribution in [0.25, 0.3) is 17.0 Å². The number of aromatic nitrogens is 1. The number of fused-ring (bicyclic) bond motifs is 2. The summed E-state index contributed by atoms with van der Waals surface area (Å²) in [4.78, 5) is 8.14. The van der Waals surface area contributed by atoms with Crippen molar-refractivity contribution in [1.82, 2.24) is 4.98 Å². The molecule has 22 heavy (non-hydrogen) atoms. The molecule has 0 unspecified atom stereocenters. The number of anilines is 1. The molecule has 3 aromatic rings. The molecule has 0 atom stereocenters. The first-order valence-corrected chi connectivity index (χ1v) is 8.28. The summed E-state index contributed by atoms with van der Waals surface area (Å²) >= 11 is 1.84. The lowest BCUT2D eigenvalue weighted by Crippen LogP contribution is -2.16. The topological polar surface area (TPSA) is 16.1 Å². The second-order valence-corrected chi connectivity index (χ2v) is 6.28. The van der Waals surface area contributed by atoms with Gasteiger partial charge in [-0.3, -0.25) is 4.98 Å². The van der Waals surface area contributed by atoms with Gasteiger partial charge in [-0.1, -0.05) is 42.1 Å². The Labute approximate surface area is 134 Å². The Bertz CT molecular complexity index is 865. The van der Waals surface area contributed by atoms with E-state index >= 15 is 0 Å². The number of pyridine rings is 1. The fraction of sp³-hybridized carbons (Fsp3) is 0.105. The third-order valence-corrected chi connectivity index (χ3v) is 5.03. The number of thioether (sulfide) groups is 1. The van der Waals surface area contributed by atoms with Gasteiger partial charge in [-0.05, 0) is 42.8 Å². The first kappa shape index (κ1) is 13.4. The maximum atomic E-state index is 4.45. The summed E-state index contributed by atoms with van der Waals surface area (Å²) in [5, 5.41) is 2.48. The summed E-state index contributed by atoms with van der Waals surface area (Å²) in [7, 11) is 0. The molecular weight excluding hydrogens is 288 g/mol. The quantitative estimate of drug-likeness (QED) is 0.650. The van der Waals surface area contributed by atoms with Crippen LogP contribution < -0.4 is 4.90 Å². The van der Waals surface area contributed by atoms with Gasteiger partial charge in [0.05, 0.1) is 16.2 Å². The standard InChI is InChI=1S/C19H16N2S/c1-2-21-17-9-5-6-10-18(17)22-19(21)13-14-11-12-20-16-8-4-3-7-15(14)16/h3-13H,2H2,1H3. The van der Waals surface area contributed by atoms with Gasteiger partial charge in [-0.2, -0.15) is 0 Å². The van der Waals surface area contributed by atoms with E-state index in [9.17, 15) is 0 Å². The van der Waals surface area contributed by atoms with Gasteiger partial charge in [0, 0.05) is 23.0 Å². The summed E-state index contributed by atoms with van der Waals surface area (Å²) in [5.74, 6) is 0. The Morgan fingerprint density at radius 1 is 1.05 bits per heavy atom. The molecule has 0 saturated carbocycles. The molecule has 2 aromatic carbocycles. The molecule has 1 aliphatic rings. The van der Waals surface area contributed by atoms with Crippen molar-refractivity contribution in [2.45, 2.75) is 11.8 Å². The zero-order chi connectivity index (χ0) is 14.9. The van der Waals surface area contributed by atoms with Gasteiger partial charge in [0.1, 0.15) is 0 Å². The summed E-state index contributed by atoms with van der Waals surface area (Å²) in [6, 6.07) is 19.0. The molecule has 2 heterocycles. The lowest BCUT2D eigenvalue weighted by Gasteiger charge is -2.18. The van der Waals surface area contributed by atoms with Crippen molar-refractivity contribution >= 4 is 34.4 Å². The van der Waals surface area contributed by atoms with Crippen molar-refractivity contribution in [3.63, 3.8) is 0 Å². The van der Waals surface area contributed by atoms with Crippen LogP contribution in [-0.2, 0) is 0 Å². The molecule has 0 fully saturated rings. The number of hydrogen-bond donors (Lipinski definition) is 0. The Morgan fingerprint density at radius 2 is 1.86 bits per heavy atom. The third kappa shape index (κ3) is 2.18. The van der Waals surface area contributed by atoms with Crippen LogP contribution in [0, 0.1) is 0 Å². The molecule has 1 aromatic heterocycles. The number of para-hydroxylation sites is 2. The van der Waals surface area contributed by atoms with Crippen molar-refractivity contribution < 1.29 is 0 Å². The lowest BCUT2D eigenvalue weighted by atomic mass is 10.1. The van der Waals surface area contributed by atoms with Crippen molar-refractivity contribution in [2.24, 2.45) is 0 Å². The van der Waals surface area contributed by atoms with E-state index in [1.54, 1.807) is 0 Å². The average Bonchev–Trinajstić information content (AvgIpc) is 2.92. The summed E-state index contributed by atoms with van der Waals surface area (Å²) < 4.78 is 0. The Balaban J connectivity index is 1.83. The van der Waals surface area contributed by atoms with Crippen LogP contribution in [0.2, 0.25) is 0 Å². The minimum atomic E-state index is 0.971. The monoisotopic (exact) mass is 304 g/mol. The number of rotatable bonds is 2. The van der Waals surface area contributed by atoms with Crippen LogP contribution in [0.3, 0.4) is 0 Å². The second-order valence-electron chi connectivity index (χ2n) is 5.21. The molecule has 0 N–H and O–H groups in total. The molecule has 0 aliphatic carbocycles. The van der Waals surface area contributed by atoms with E-state index in [1.165, 1.54) is 26.6 Å². The van der Waals surface area contributed by atoms with E-state index in [4.69, 9.17) is 0 Å². The Morgan fingerprint density at radius 3 is 2.77 bits per heavy atom. The molecule has 4 rings (SSSR count). The highest BCUT2D eigenvalue weighted by Gasteiger charge is 2.23. The maximum Gasteiger partial charge on any atom is 0.0807 e. The van der Waals surface area contributed by atoms with E-state index < -0.39 is 0 Å². The SMILES string of the molecule is CCN1C(=Cc2ccnc3ccccc23)Sc2ccccc21. The van der Waals surface area contributed by atoms with Gasteiger partial charge in [0.15, 0.2) is 0 Å². The van der Waals surface area contributed by atoms with Crippen LogP contribution in [-0.4, -0.2) is 11.5 Å². The lowest BCUT2D eigenvalue weighted by molar-refractivity contribution is 1.01. The van der Waals surface area contributed by atoms with Crippen molar-refractivity contribution in [1.29, 1.82) is 0 Å². The summed E-state index contributed by atoms with van der Waals surface area (Å²) in [6.45, 7) is 3.17. The zero-order valence-electron chi connectivity index (χ0n) is 12.4. The van der Waals surface area contributed by atoms with E-state index in [1.807, 2.05) is 24.0 Å². The van der Waals surface area contributed by atoms with Crippen molar-refractivity contribution in [3.8, 4) is 0 Å². The second kappa shape index (κ2) is 5.50. The molecule has 0 spiro atoms. The smallest absolute Gasteiger partial charge is 0.0807 e. The predicted molar refractivity (Wildman–Crippen MR) is 95.0 cm³/mol. The van der Waals surface area contributed by atoms with Crippen LogP contribution in [0.15, 0.2) is 70.7 Å². The predicted octanol–water partition coefficient (Wildman–Crippen LogP) is 5.17. The normalized spacial score (nSPS) is 15.5. The average molecular weight is 304 g/mol. The Hall–Kier alpha value is -2.26. The van der Waals surface area contributed by atoms with E-state index in [-0.39, 0.29) is 0 Å². The van der Waals surface area contributed by atoms with Gasteiger partial charge in [-0.15, -0.1) is 0 Å². The molecule has 0 bridgehead atoms. The number of nitrogens with zero attached hydrogens (tertiary/aromatic N) is 2. The van der Waals surface area contributed by atoms with E-state index in [0.717, 1.165) is 12.1 Å². The minimum Gasteiger partial charge on any atom is -0.335 e. The van der Waals surface area contributed by atoms with Crippen LogP contribution >= 0.6 is 11.8 Å². The van der Waals surface area contributed by atoms with Gasteiger partial charge < -0.3 is 4.90 Å². The van der Waals surface area contributed by atoms with Crippen molar-refractivity contribution in [3.05, 3.63) is 71.4 Å². The highest BCUT2D eigenvalue weighted by Crippen LogP contribution is 2.46. The van der Waals surface area contributed by atoms with Gasteiger partial charge >= 0.3 is 0 Å². The molecule has 0 amide bonds. The fourth-order valence-corrected chi connectivity index (χ4v) is 4.04. The minimum absolute atomic E-state index is 0.971. The van der Waals surface area contributed by atoms with Gasteiger partial charge in [0.2, 0.25) is 0 Å². The number of hydrogen-bond acceptors (Lipinski definition) is 3. The maximum absolute atomic E-state index is 4.45. The molecule has 0 saturated heterocycles. The van der Waals surface area contributed by atoms with Crippen LogP contribution in [0.1, 0.15) is 12.5 Å². The molecule has 0 radical (unpaired) electrons. The first-order valence-electron chi connectivity index (χ1n) is 7.46. The van der Waals surface area contributed by atoms with E-state index in [2.05, 4.69) is 71.4 Å². The molecular formula is C19H16N2S. The molecule has 108 valence electrons. The van der Waals surface area contributed by atoms with E-state index in [0.29, 0.717) is 0 Å². The molecule has 3 heteroatoms. The Kier molecular flexibility index (Phi) is 3.35. The van der Waals surface area contributed by atoms with Crippen molar-refractivity contribution in [2.75, 3.05) is 11.4 Å². The highest BCUT2D eigenvalue weighted by molar-refractivity contribution is 8.03. The summed E-state index contributed by atoms with van der Waals surface area (Å²) in [5.41, 5.74) is 3.57. The van der Waals surface area contributed by atoms with Gasteiger partial charge in [-0.25, -0.2) is 0 Å².